The van der Waals surface area contributed by atoms with Gasteiger partial charge in [0, 0.05) is 23.4 Å². The molecule has 1 aromatic carbocycles. The maximum absolute atomic E-state index is 10.8. The molecule has 0 aliphatic carbocycles. The topological polar surface area (TPSA) is 65.3 Å². The van der Waals surface area contributed by atoms with Gasteiger partial charge in [0.15, 0.2) is 0 Å². The number of nitro groups is 1. The van der Waals surface area contributed by atoms with Gasteiger partial charge in [-0.25, -0.2) is 4.98 Å². The number of pyridine rings is 1. The van der Waals surface area contributed by atoms with Gasteiger partial charge in [0.05, 0.1) is 9.95 Å². The predicted octanol–water partition coefficient (Wildman–Crippen LogP) is 4.09. The van der Waals surface area contributed by atoms with Crippen molar-refractivity contribution in [3.63, 3.8) is 0 Å². The van der Waals surface area contributed by atoms with E-state index in [0.717, 1.165) is 0 Å². The molecule has 0 unspecified atom stereocenters. The van der Waals surface area contributed by atoms with Gasteiger partial charge in [0.2, 0.25) is 0 Å². The van der Waals surface area contributed by atoms with Crippen molar-refractivity contribution in [2.75, 3.05) is 0 Å². The van der Waals surface area contributed by atoms with Gasteiger partial charge < -0.3 is 4.74 Å². The molecule has 0 radical (unpaired) electrons. The Hall–Kier alpha value is -1.85. The highest BCUT2D eigenvalue weighted by Crippen LogP contribution is 2.34. The third-order valence-electron chi connectivity index (χ3n) is 2.05. The standard InChI is InChI=1S/C11H6Cl2N2O3/c12-7-3-4-8(13)10(6-7)18-11-9(15(16)17)2-1-5-14-11/h1-6H. The predicted molar refractivity (Wildman–Crippen MR) is 67.4 cm³/mol. The number of benzene rings is 1. The number of rotatable bonds is 3. The first kappa shape index (κ1) is 12.6. The molecule has 1 heterocycles. The Morgan fingerprint density at radius 1 is 1.28 bits per heavy atom. The Labute approximate surface area is 112 Å². The fourth-order valence-corrected chi connectivity index (χ4v) is 1.58. The van der Waals surface area contributed by atoms with Crippen molar-refractivity contribution in [1.29, 1.82) is 0 Å². The van der Waals surface area contributed by atoms with E-state index in [1.165, 1.54) is 30.5 Å². The van der Waals surface area contributed by atoms with Crippen LogP contribution in [0.5, 0.6) is 11.6 Å². The first-order chi connectivity index (χ1) is 8.58. The maximum Gasteiger partial charge on any atom is 0.331 e. The quantitative estimate of drug-likeness (QED) is 0.629. The molecule has 5 nitrogen and oxygen atoms in total. The Bertz CT molecular complexity index is 605. The van der Waals surface area contributed by atoms with Gasteiger partial charge in [-0.3, -0.25) is 10.1 Å². The molecule has 0 aliphatic rings. The van der Waals surface area contributed by atoms with E-state index in [-0.39, 0.29) is 17.3 Å². The van der Waals surface area contributed by atoms with Gasteiger partial charge in [-0.2, -0.15) is 0 Å². The van der Waals surface area contributed by atoms with Crippen LogP contribution >= 0.6 is 23.2 Å². The fraction of sp³-hybridized carbons (Fsp3) is 0. The molecule has 7 heteroatoms. The van der Waals surface area contributed by atoms with E-state index in [4.69, 9.17) is 27.9 Å². The number of ether oxygens (including phenoxy) is 1. The highest BCUT2D eigenvalue weighted by Gasteiger charge is 2.17. The number of halogens is 2. The number of aromatic nitrogens is 1. The van der Waals surface area contributed by atoms with Crippen LogP contribution in [0.2, 0.25) is 10.0 Å². The summed E-state index contributed by atoms with van der Waals surface area (Å²) in [5.74, 6) is 0.0811. The zero-order valence-corrected chi connectivity index (χ0v) is 10.4. The van der Waals surface area contributed by atoms with Crippen LogP contribution in [0.15, 0.2) is 36.5 Å². The third kappa shape index (κ3) is 2.69. The minimum Gasteiger partial charge on any atom is -0.432 e. The molecule has 1 aromatic heterocycles. The molecule has 0 saturated carbocycles. The van der Waals surface area contributed by atoms with Crippen molar-refractivity contribution in [3.8, 4) is 11.6 Å². The van der Waals surface area contributed by atoms with Crippen LogP contribution in [0.25, 0.3) is 0 Å². The Morgan fingerprint density at radius 2 is 2.06 bits per heavy atom. The lowest BCUT2D eigenvalue weighted by Crippen LogP contribution is -1.95. The fourth-order valence-electron chi connectivity index (χ4n) is 1.26. The van der Waals surface area contributed by atoms with Crippen LogP contribution < -0.4 is 4.74 Å². The summed E-state index contributed by atoms with van der Waals surface area (Å²) < 4.78 is 5.31. The lowest BCUT2D eigenvalue weighted by atomic mass is 10.3. The largest absolute Gasteiger partial charge is 0.432 e. The van der Waals surface area contributed by atoms with Gasteiger partial charge in [-0.15, -0.1) is 0 Å². The lowest BCUT2D eigenvalue weighted by molar-refractivity contribution is -0.386. The zero-order chi connectivity index (χ0) is 13.1. The molecule has 92 valence electrons. The van der Waals surface area contributed by atoms with Gasteiger partial charge in [-0.1, -0.05) is 23.2 Å². The molecule has 0 atom stereocenters. The van der Waals surface area contributed by atoms with E-state index < -0.39 is 4.92 Å². The molecule has 0 bridgehead atoms. The smallest absolute Gasteiger partial charge is 0.331 e. The molecule has 0 aliphatic heterocycles. The number of nitrogens with zero attached hydrogens (tertiary/aromatic N) is 2. The molecule has 18 heavy (non-hydrogen) atoms. The summed E-state index contributed by atoms with van der Waals surface area (Å²) in [6.07, 6.45) is 1.39. The average Bonchev–Trinajstić information content (AvgIpc) is 2.34. The highest BCUT2D eigenvalue weighted by molar-refractivity contribution is 6.34. The molecule has 0 fully saturated rings. The molecule has 2 aromatic rings. The average molecular weight is 285 g/mol. The van der Waals surface area contributed by atoms with Crippen molar-refractivity contribution in [3.05, 3.63) is 56.7 Å². The zero-order valence-electron chi connectivity index (χ0n) is 8.84. The number of hydrogen-bond acceptors (Lipinski definition) is 4. The van der Waals surface area contributed by atoms with E-state index >= 15 is 0 Å². The first-order valence-corrected chi connectivity index (χ1v) is 5.56. The Balaban J connectivity index is 2.40. The van der Waals surface area contributed by atoms with E-state index in [2.05, 4.69) is 4.98 Å². The summed E-state index contributed by atoms with van der Waals surface area (Å²) in [6, 6.07) is 7.32. The highest BCUT2D eigenvalue weighted by atomic mass is 35.5. The summed E-state index contributed by atoms with van der Waals surface area (Å²) in [5.41, 5.74) is -0.242. The molecule has 2 rings (SSSR count). The second kappa shape index (κ2) is 5.20. The van der Waals surface area contributed by atoms with Crippen LogP contribution in [0, 0.1) is 10.1 Å². The van der Waals surface area contributed by atoms with Crippen LogP contribution in [-0.2, 0) is 0 Å². The Morgan fingerprint density at radius 3 is 2.78 bits per heavy atom. The second-order valence-electron chi connectivity index (χ2n) is 3.26. The maximum atomic E-state index is 10.8. The third-order valence-corrected chi connectivity index (χ3v) is 2.59. The molecular weight excluding hydrogens is 279 g/mol. The van der Waals surface area contributed by atoms with Crippen molar-refractivity contribution in [1.82, 2.24) is 4.98 Å². The minimum absolute atomic E-state index is 0.133. The van der Waals surface area contributed by atoms with Gasteiger partial charge in [-0.05, 0) is 18.2 Å². The summed E-state index contributed by atoms with van der Waals surface area (Å²) >= 11 is 11.7. The molecule has 0 N–H and O–H groups in total. The molecule has 0 saturated heterocycles. The van der Waals surface area contributed by atoms with E-state index in [1.807, 2.05) is 0 Å². The normalized spacial score (nSPS) is 10.1. The molecular formula is C11H6Cl2N2O3. The number of hydrogen-bond donors (Lipinski definition) is 0. The summed E-state index contributed by atoms with van der Waals surface area (Å²) in [6.45, 7) is 0. The Kier molecular flexibility index (Phi) is 3.64. The van der Waals surface area contributed by atoms with Crippen molar-refractivity contribution >= 4 is 28.9 Å². The molecule has 0 spiro atoms. The molecule has 0 amide bonds. The lowest BCUT2D eigenvalue weighted by Gasteiger charge is -2.06. The van der Waals surface area contributed by atoms with Gasteiger partial charge in [0.25, 0.3) is 5.88 Å². The summed E-state index contributed by atoms with van der Waals surface area (Å²) in [7, 11) is 0. The van der Waals surface area contributed by atoms with Crippen LogP contribution in [-0.4, -0.2) is 9.91 Å². The van der Waals surface area contributed by atoms with Gasteiger partial charge in [0.1, 0.15) is 5.75 Å². The van der Waals surface area contributed by atoms with Crippen molar-refractivity contribution in [2.45, 2.75) is 0 Å². The monoisotopic (exact) mass is 284 g/mol. The van der Waals surface area contributed by atoms with E-state index in [0.29, 0.717) is 10.0 Å². The van der Waals surface area contributed by atoms with E-state index in [1.54, 1.807) is 6.07 Å². The van der Waals surface area contributed by atoms with Crippen molar-refractivity contribution < 1.29 is 9.66 Å². The summed E-state index contributed by atoms with van der Waals surface area (Å²) in [5, 5.41) is 11.5. The SMILES string of the molecule is O=[N+]([O-])c1cccnc1Oc1cc(Cl)ccc1Cl. The van der Waals surface area contributed by atoms with Gasteiger partial charge >= 0.3 is 5.69 Å². The van der Waals surface area contributed by atoms with E-state index in [9.17, 15) is 10.1 Å². The van der Waals surface area contributed by atoms with Crippen LogP contribution in [0.4, 0.5) is 5.69 Å². The van der Waals surface area contributed by atoms with Crippen LogP contribution in [0.1, 0.15) is 0 Å². The van der Waals surface area contributed by atoms with Crippen LogP contribution in [0.3, 0.4) is 0 Å². The summed E-state index contributed by atoms with van der Waals surface area (Å²) in [4.78, 5) is 14.0. The first-order valence-electron chi connectivity index (χ1n) is 4.80. The minimum atomic E-state index is -0.583. The van der Waals surface area contributed by atoms with Crippen molar-refractivity contribution in [2.24, 2.45) is 0 Å². The second-order valence-corrected chi connectivity index (χ2v) is 4.11.